The molecule has 5 nitrogen and oxygen atoms in total. The maximum atomic E-state index is 12.4. The van der Waals surface area contributed by atoms with Gasteiger partial charge in [-0.1, -0.05) is 18.2 Å². The van der Waals surface area contributed by atoms with Gasteiger partial charge in [0.2, 0.25) is 5.91 Å². The maximum absolute atomic E-state index is 12.4. The van der Waals surface area contributed by atoms with Crippen LogP contribution < -0.4 is 5.56 Å². The van der Waals surface area contributed by atoms with Crippen LogP contribution in [-0.4, -0.2) is 41.1 Å². The third kappa shape index (κ3) is 2.05. The van der Waals surface area contributed by atoms with Gasteiger partial charge in [-0.2, -0.15) is 0 Å². The van der Waals surface area contributed by atoms with Crippen molar-refractivity contribution in [2.24, 2.45) is 0 Å². The number of hydrogen-bond donors (Lipinski definition) is 1. The molecule has 3 heterocycles. The first kappa shape index (κ1) is 12.6. The molecule has 0 spiro atoms. The van der Waals surface area contributed by atoms with E-state index in [1.807, 2.05) is 29.2 Å². The minimum atomic E-state index is -0.136. The molecule has 2 bridgehead atoms. The maximum Gasteiger partial charge on any atom is 0.256 e. The predicted octanol–water partition coefficient (Wildman–Crippen LogP) is 1.07. The summed E-state index contributed by atoms with van der Waals surface area (Å²) in [5.41, 5.74) is 0.539. The van der Waals surface area contributed by atoms with Crippen LogP contribution in [0.4, 0.5) is 0 Å². The van der Waals surface area contributed by atoms with E-state index < -0.39 is 0 Å². The molecule has 2 aromatic rings. The Labute approximate surface area is 121 Å². The van der Waals surface area contributed by atoms with Gasteiger partial charge in [-0.25, -0.2) is 0 Å². The summed E-state index contributed by atoms with van der Waals surface area (Å²) in [4.78, 5) is 29.2. The van der Waals surface area contributed by atoms with Crippen LogP contribution in [0.1, 0.15) is 12.1 Å². The van der Waals surface area contributed by atoms with E-state index in [2.05, 4.69) is 4.98 Å². The summed E-state index contributed by atoms with van der Waals surface area (Å²) in [6.07, 6.45) is 1.28. The third-order valence-corrected chi connectivity index (χ3v) is 4.39. The minimum absolute atomic E-state index is 0.0745. The number of morpholine rings is 1. The molecule has 0 radical (unpaired) electrons. The Morgan fingerprint density at radius 3 is 2.81 bits per heavy atom. The second-order valence-electron chi connectivity index (χ2n) is 5.77. The summed E-state index contributed by atoms with van der Waals surface area (Å²) in [5, 5.41) is 1.53. The van der Waals surface area contributed by atoms with Crippen LogP contribution in [0.5, 0.6) is 0 Å². The molecular formula is C16H16N2O3. The summed E-state index contributed by atoms with van der Waals surface area (Å²) >= 11 is 0. The lowest BCUT2D eigenvalue weighted by Crippen LogP contribution is -2.65. The van der Waals surface area contributed by atoms with Crippen molar-refractivity contribution in [1.29, 1.82) is 0 Å². The van der Waals surface area contributed by atoms with Crippen molar-refractivity contribution in [3.8, 4) is 0 Å². The van der Waals surface area contributed by atoms with E-state index in [0.29, 0.717) is 24.3 Å². The molecule has 2 fully saturated rings. The highest BCUT2D eigenvalue weighted by atomic mass is 16.5. The Morgan fingerprint density at radius 2 is 2.05 bits per heavy atom. The van der Waals surface area contributed by atoms with Crippen LogP contribution in [0.15, 0.2) is 35.1 Å². The molecule has 2 saturated heterocycles. The zero-order valence-electron chi connectivity index (χ0n) is 11.5. The van der Waals surface area contributed by atoms with E-state index in [9.17, 15) is 9.59 Å². The fraction of sp³-hybridized carbons (Fsp3) is 0.375. The molecule has 1 amide bonds. The predicted molar refractivity (Wildman–Crippen MR) is 78.1 cm³/mol. The summed E-state index contributed by atoms with van der Waals surface area (Å²) < 4.78 is 5.39. The summed E-state index contributed by atoms with van der Waals surface area (Å²) in [7, 11) is 0. The van der Waals surface area contributed by atoms with Crippen molar-refractivity contribution in [2.75, 3.05) is 13.2 Å². The number of H-pyrrole nitrogens is 1. The largest absolute Gasteiger partial charge is 0.377 e. The van der Waals surface area contributed by atoms with Gasteiger partial charge in [0, 0.05) is 11.1 Å². The molecule has 2 aliphatic rings. The second kappa shape index (κ2) is 4.70. The molecule has 21 heavy (non-hydrogen) atoms. The molecule has 1 aromatic heterocycles. The van der Waals surface area contributed by atoms with Crippen molar-refractivity contribution in [1.82, 2.24) is 9.88 Å². The van der Waals surface area contributed by atoms with Gasteiger partial charge < -0.3 is 14.6 Å². The molecule has 0 saturated carbocycles. The number of benzene rings is 1. The van der Waals surface area contributed by atoms with Crippen LogP contribution in [0.2, 0.25) is 0 Å². The Kier molecular flexibility index (Phi) is 2.82. The standard InChI is InChI=1S/C16H16N2O3/c19-15(18-12-7-13(18)9-21-8-12)6-11-5-10-3-1-2-4-14(10)16(20)17-11/h1-5,12-13H,6-9H2,(H,17,20). The molecule has 1 N–H and O–H groups in total. The number of carbonyl (C=O) groups excluding carboxylic acids is 1. The highest BCUT2D eigenvalue weighted by Gasteiger charge is 2.44. The Balaban J connectivity index is 1.60. The molecule has 2 aliphatic heterocycles. The SMILES string of the molecule is O=C(Cc1cc2ccccc2c(=O)[nH]1)N1C2COCC1C2. The monoisotopic (exact) mass is 284 g/mol. The number of amides is 1. The number of aromatic amines is 1. The topological polar surface area (TPSA) is 62.4 Å². The summed E-state index contributed by atoms with van der Waals surface area (Å²) in [6.45, 7) is 1.27. The quantitative estimate of drug-likeness (QED) is 0.897. The van der Waals surface area contributed by atoms with Crippen molar-refractivity contribution in [3.05, 3.63) is 46.4 Å². The lowest BCUT2D eigenvalue weighted by atomic mass is 9.90. The van der Waals surface area contributed by atoms with Crippen molar-refractivity contribution in [2.45, 2.75) is 24.9 Å². The number of ether oxygens (including phenoxy) is 1. The van der Waals surface area contributed by atoms with Crippen molar-refractivity contribution >= 4 is 16.7 Å². The second-order valence-corrected chi connectivity index (χ2v) is 5.77. The molecule has 1 aromatic carbocycles. The fourth-order valence-electron chi connectivity index (χ4n) is 3.36. The van der Waals surface area contributed by atoms with E-state index in [-0.39, 0.29) is 30.0 Å². The number of pyridine rings is 1. The number of nitrogens with zero attached hydrogens (tertiary/aromatic N) is 1. The molecule has 5 heteroatoms. The highest BCUT2D eigenvalue weighted by Crippen LogP contribution is 2.31. The Bertz CT molecular complexity index is 753. The van der Waals surface area contributed by atoms with E-state index in [1.54, 1.807) is 6.07 Å². The average Bonchev–Trinajstić information content (AvgIpc) is 2.48. The Morgan fingerprint density at radius 1 is 1.29 bits per heavy atom. The van der Waals surface area contributed by atoms with Crippen LogP contribution in [0, 0.1) is 0 Å². The minimum Gasteiger partial charge on any atom is -0.377 e. The van der Waals surface area contributed by atoms with E-state index in [4.69, 9.17) is 4.74 Å². The summed E-state index contributed by atoms with van der Waals surface area (Å²) in [5.74, 6) is 0.0745. The van der Waals surface area contributed by atoms with Gasteiger partial charge in [-0.3, -0.25) is 9.59 Å². The lowest BCUT2D eigenvalue weighted by Gasteiger charge is -2.52. The van der Waals surface area contributed by atoms with Gasteiger partial charge in [0.1, 0.15) is 0 Å². The molecule has 2 unspecified atom stereocenters. The van der Waals surface area contributed by atoms with Gasteiger partial charge in [0.25, 0.3) is 5.56 Å². The average molecular weight is 284 g/mol. The van der Waals surface area contributed by atoms with E-state index >= 15 is 0 Å². The first-order chi connectivity index (χ1) is 10.2. The Hall–Kier alpha value is -2.14. The molecular weight excluding hydrogens is 268 g/mol. The third-order valence-electron chi connectivity index (χ3n) is 4.39. The fourth-order valence-corrected chi connectivity index (χ4v) is 3.36. The number of nitrogens with one attached hydrogen (secondary N) is 1. The van der Waals surface area contributed by atoms with Crippen LogP contribution in [0.25, 0.3) is 10.8 Å². The molecule has 2 atom stereocenters. The molecule has 108 valence electrons. The van der Waals surface area contributed by atoms with Gasteiger partial charge in [-0.15, -0.1) is 0 Å². The first-order valence-corrected chi connectivity index (χ1v) is 7.22. The number of hydrogen-bond acceptors (Lipinski definition) is 3. The number of aromatic nitrogens is 1. The van der Waals surface area contributed by atoms with E-state index in [1.165, 1.54) is 0 Å². The van der Waals surface area contributed by atoms with Gasteiger partial charge in [-0.05, 0) is 23.9 Å². The zero-order chi connectivity index (χ0) is 14.4. The van der Waals surface area contributed by atoms with Crippen LogP contribution in [0.3, 0.4) is 0 Å². The van der Waals surface area contributed by atoms with Crippen molar-refractivity contribution in [3.63, 3.8) is 0 Å². The molecule has 0 aliphatic carbocycles. The van der Waals surface area contributed by atoms with Gasteiger partial charge in [0.05, 0.1) is 31.7 Å². The molecule has 4 rings (SSSR count). The van der Waals surface area contributed by atoms with Crippen LogP contribution >= 0.6 is 0 Å². The number of fused-ring (bicyclic) bond motifs is 3. The van der Waals surface area contributed by atoms with Crippen LogP contribution in [-0.2, 0) is 16.0 Å². The highest BCUT2D eigenvalue weighted by molar-refractivity contribution is 5.84. The first-order valence-electron chi connectivity index (χ1n) is 7.22. The van der Waals surface area contributed by atoms with Gasteiger partial charge in [0.15, 0.2) is 0 Å². The zero-order valence-corrected chi connectivity index (χ0v) is 11.5. The smallest absolute Gasteiger partial charge is 0.256 e. The summed E-state index contributed by atoms with van der Waals surface area (Å²) in [6, 6.07) is 9.75. The normalized spacial score (nSPS) is 23.9. The number of rotatable bonds is 2. The van der Waals surface area contributed by atoms with Gasteiger partial charge >= 0.3 is 0 Å². The number of carbonyl (C=O) groups is 1. The lowest BCUT2D eigenvalue weighted by molar-refractivity contribution is -0.166. The van der Waals surface area contributed by atoms with Crippen molar-refractivity contribution < 1.29 is 9.53 Å². The van der Waals surface area contributed by atoms with E-state index in [0.717, 1.165) is 11.8 Å².